The normalized spacial score (nSPS) is 16.4. The lowest BCUT2D eigenvalue weighted by atomic mass is 9.96. The molecule has 0 radical (unpaired) electrons. The van der Waals surface area contributed by atoms with Crippen LogP contribution in [0.15, 0.2) is 24.8 Å². The van der Waals surface area contributed by atoms with Crippen LogP contribution in [0, 0.1) is 6.92 Å². The molecule has 0 heterocycles. The summed E-state index contributed by atoms with van der Waals surface area (Å²) in [6.45, 7) is 5.88. The zero-order valence-corrected chi connectivity index (χ0v) is 8.72. The number of aryl methyl sites for hydroxylation is 3. The van der Waals surface area contributed by atoms with Gasteiger partial charge in [-0.3, -0.25) is 0 Å². The molecule has 1 heteroatoms. The van der Waals surface area contributed by atoms with Gasteiger partial charge in [0.2, 0.25) is 0 Å². The Balaban J connectivity index is 2.47. The van der Waals surface area contributed by atoms with Crippen LogP contribution in [0.1, 0.15) is 34.7 Å². The molecule has 0 saturated heterocycles. The molecule has 1 nitrogen and oxygen atoms in total. The van der Waals surface area contributed by atoms with Gasteiger partial charge in [-0.15, -0.1) is 6.58 Å². The topological polar surface area (TPSA) is 26.0 Å². The van der Waals surface area contributed by atoms with Crippen molar-refractivity contribution in [3.63, 3.8) is 0 Å². The molecule has 0 bridgehead atoms. The summed E-state index contributed by atoms with van der Waals surface area (Å²) in [5, 5.41) is 0. The van der Waals surface area contributed by atoms with E-state index in [9.17, 15) is 0 Å². The van der Waals surface area contributed by atoms with Crippen LogP contribution in [0.25, 0.3) is 0 Å². The lowest BCUT2D eigenvalue weighted by Crippen LogP contribution is -2.09. The summed E-state index contributed by atoms with van der Waals surface area (Å²) < 4.78 is 0. The fraction of sp³-hybridized carbons (Fsp3) is 0.385. The minimum Gasteiger partial charge on any atom is -0.321 e. The highest BCUT2D eigenvalue weighted by molar-refractivity contribution is 5.42. The van der Waals surface area contributed by atoms with Crippen molar-refractivity contribution < 1.29 is 0 Å². The van der Waals surface area contributed by atoms with E-state index in [0.29, 0.717) is 0 Å². The van der Waals surface area contributed by atoms with Gasteiger partial charge in [0.05, 0.1) is 0 Å². The van der Waals surface area contributed by atoms with Gasteiger partial charge in [0.15, 0.2) is 0 Å². The second kappa shape index (κ2) is 3.58. The van der Waals surface area contributed by atoms with Crippen molar-refractivity contribution in [3.05, 3.63) is 47.0 Å². The van der Waals surface area contributed by atoms with Crippen LogP contribution in [0.4, 0.5) is 0 Å². The van der Waals surface area contributed by atoms with Gasteiger partial charge in [0, 0.05) is 6.04 Å². The summed E-state index contributed by atoms with van der Waals surface area (Å²) in [7, 11) is 0. The third kappa shape index (κ3) is 1.48. The van der Waals surface area contributed by atoms with Crippen molar-refractivity contribution in [2.75, 3.05) is 0 Å². The lowest BCUT2D eigenvalue weighted by Gasteiger charge is -2.13. The Hall–Kier alpha value is -1.08. The Labute approximate surface area is 85.6 Å². The highest BCUT2D eigenvalue weighted by atomic mass is 14.6. The van der Waals surface area contributed by atoms with Crippen LogP contribution in [0.2, 0.25) is 0 Å². The second-order valence-corrected chi connectivity index (χ2v) is 4.09. The lowest BCUT2D eigenvalue weighted by molar-refractivity contribution is 0.895. The molecule has 0 saturated carbocycles. The highest BCUT2D eigenvalue weighted by Crippen LogP contribution is 2.27. The van der Waals surface area contributed by atoms with Crippen LogP contribution in [0.5, 0.6) is 0 Å². The van der Waals surface area contributed by atoms with E-state index in [0.717, 1.165) is 0 Å². The highest BCUT2D eigenvalue weighted by Gasteiger charge is 2.14. The van der Waals surface area contributed by atoms with Crippen LogP contribution in [-0.2, 0) is 12.8 Å². The Morgan fingerprint density at radius 1 is 1.36 bits per heavy atom. The quantitative estimate of drug-likeness (QED) is 0.708. The molecule has 0 fully saturated rings. The predicted molar refractivity (Wildman–Crippen MR) is 60.3 cm³/mol. The molecule has 0 aromatic heterocycles. The maximum absolute atomic E-state index is 5.97. The van der Waals surface area contributed by atoms with E-state index in [-0.39, 0.29) is 6.04 Å². The average Bonchev–Trinajstić information content (AvgIpc) is 2.62. The Bertz CT molecular complexity index is 366. The number of hydrogen-bond acceptors (Lipinski definition) is 1. The van der Waals surface area contributed by atoms with Crippen molar-refractivity contribution >= 4 is 0 Å². The maximum Gasteiger partial charge on any atom is 0.0481 e. The van der Waals surface area contributed by atoms with Crippen LogP contribution < -0.4 is 5.73 Å². The van der Waals surface area contributed by atoms with Gasteiger partial charge in [0.25, 0.3) is 0 Å². The van der Waals surface area contributed by atoms with Crippen molar-refractivity contribution in [2.24, 2.45) is 5.73 Å². The molecule has 74 valence electrons. The molecule has 1 aromatic rings. The summed E-state index contributed by atoms with van der Waals surface area (Å²) >= 11 is 0. The van der Waals surface area contributed by atoms with Gasteiger partial charge < -0.3 is 5.73 Å². The van der Waals surface area contributed by atoms with Crippen LogP contribution in [-0.4, -0.2) is 0 Å². The first-order chi connectivity index (χ1) is 6.72. The number of rotatable bonds is 2. The van der Waals surface area contributed by atoms with Crippen molar-refractivity contribution in [2.45, 2.75) is 32.2 Å². The van der Waals surface area contributed by atoms with Gasteiger partial charge in [-0.2, -0.15) is 0 Å². The maximum atomic E-state index is 5.97. The standard InChI is InChI=1S/C13H17N/c1-3-13(14)12-8-11-6-4-5-10(11)7-9(12)2/h3,7-8,13H,1,4-6,14H2,2H3/t13-/m1/s1. The molecular formula is C13H17N. The number of benzene rings is 1. The average molecular weight is 187 g/mol. The van der Waals surface area contributed by atoms with E-state index in [2.05, 4.69) is 25.6 Å². The van der Waals surface area contributed by atoms with Gasteiger partial charge in [-0.1, -0.05) is 18.2 Å². The first-order valence-corrected chi connectivity index (χ1v) is 5.23. The Morgan fingerprint density at radius 2 is 2.00 bits per heavy atom. The number of hydrogen-bond donors (Lipinski definition) is 1. The second-order valence-electron chi connectivity index (χ2n) is 4.09. The predicted octanol–water partition coefficient (Wildman–Crippen LogP) is 2.67. The minimum absolute atomic E-state index is 0.0131. The molecule has 1 atom stereocenters. The fourth-order valence-corrected chi connectivity index (χ4v) is 2.25. The van der Waals surface area contributed by atoms with E-state index in [1.165, 1.54) is 41.5 Å². The van der Waals surface area contributed by atoms with E-state index >= 15 is 0 Å². The third-order valence-electron chi connectivity index (χ3n) is 3.09. The SMILES string of the molecule is C=C[C@@H](N)c1cc2c(cc1C)CCC2. The summed E-state index contributed by atoms with van der Waals surface area (Å²) in [5.41, 5.74) is 11.5. The van der Waals surface area contributed by atoms with E-state index < -0.39 is 0 Å². The largest absolute Gasteiger partial charge is 0.321 e. The van der Waals surface area contributed by atoms with E-state index in [1.807, 2.05) is 6.08 Å². The third-order valence-corrected chi connectivity index (χ3v) is 3.09. The summed E-state index contributed by atoms with van der Waals surface area (Å²) in [6, 6.07) is 4.55. The summed E-state index contributed by atoms with van der Waals surface area (Å²) in [6.07, 6.45) is 5.55. The molecule has 2 N–H and O–H groups in total. The molecule has 1 aliphatic rings. The first kappa shape index (κ1) is 9.47. The molecule has 0 aliphatic heterocycles. The monoisotopic (exact) mass is 187 g/mol. The molecule has 2 rings (SSSR count). The smallest absolute Gasteiger partial charge is 0.0481 e. The van der Waals surface area contributed by atoms with E-state index in [4.69, 9.17) is 5.73 Å². The zero-order chi connectivity index (χ0) is 10.1. The first-order valence-electron chi connectivity index (χ1n) is 5.23. The molecule has 1 aromatic carbocycles. The molecular weight excluding hydrogens is 170 g/mol. The van der Waals surface area contributed by atoms with Gasteiger partial charge in [0.1, 0.15) is 0 Å². The molecule has 0 spiro atoms. The van der Waals surface area contributed by atoms with Gasteiger partial charge in [-0.25, -0.2) is 0 Å². The van der Waals surface area contributed by atoms with Crippen LogP contribution >= 0.6 is 0 Å². The minimum atomic E-state index is -0.0131. The Morgan fingerprint density at radius 3 is 2.64 bits per heavy atom. The summed E-state index contributed by atoms with van der Waals surface area (Å²) in [5.74, 6) is 0. The molecule has 0 unspecified atom stereocenters. The molecule has 1 aliphatic carbocycles. The van der Waals surface area contributed by atoms with Crippen LogP contribution in [0.3, 0.4) is 0 Å². The van der Waals surface area contributed by atoms with E-state index in [1.54, 1.807) is 0 Å². The Kier molecular flexibility index (Phi) is 2.42. The molecule has 0 amide bonds. The van der Waals surface area contributed by atoms with Crippen molar-refractivity contribution in [3.8, 4) is 0 Å². The number of nitrogens with two attached hydrogens (primary N) is 1. The van der Waals surface area contributed by atoms with Gasteiger partial charge in [-0.05, 0) is 48.4 Å². The van der Waals surface area contributed by atoms with Crippen molar-refractivity contribution in [1.82, 2.24) is 0 Å². The fourth-order valence-electron chi connectivity index (χ4n) is 2.25. The molecule has 14 heavy (non-hydrogen) atoms. The summed E-state index contributed by atoms with van der Waals surface area (Å²) in [4.78, 5) is 0. The zero-order valence-electron chi connectivity index (χ0n) is 8.72. The van der Waals surface area contributed by atoms with Gasteiger partial charge >= 0.3 is 0 Å². The number of fused-ring (bicyclic) bond motifs is 1. The van der Waals surface area contributed by atoms with Crippen molar-refractivity contribution in [1.29, 1.82) is 0 Å².